The lowest BCUT2D eigenvalue weighted by molar-refractivity contribution is -0.196. The van der Waals surface area contributed by atoms with Crippen LogP contribution in [0.1, 0.15) is 52.4 Å². The number of carbonyl (C=O) groups is 1. The Morgan fingerprint density at radius 3 is 2.77 bits per heavy atom. The van der Waals surface area contributed by atoms with Gasteiger partial charge in [-0.2, -0.15) is 0 Å². The molecule has 1 aliphatic carbocycles. The summed E-state index contributed by atoms with van der Waals surface area (Å²) in [4.78, 5) is 11.2. The molecule has 2 heterocycles. The third-order valence-electron chi connectivity index (χ3n) is 5.52. The van der Waals surface area contributed by atoms with Crippen LogP contribution in [-0.2, 0) is 14.3 Å². The van der Waals surface area contributed by atoms with Crippen LogP contribution in [0.4, 0.5) is 0 Å². The van der Waals surface area contributed by atoms with Crippen LogP contribution in [0.15, 0.2) is 0 Å². The number of hydrogen-bond acceptors (Lipinski definition) is 5. The smallest absolute Gasteiger partial charge is 0.168 e. The maximum atomic E-state index is 11.2. The molecule has 22 heavy (non-hydrogen) atoms. The number of rotatable bonds is 5. The minimum Gasteiger partial charge on any atom is -0.347 e. The summed E-state index contributed by atoms with van der Waals surface area (Å²) in [6.45, 7) is 7.86. The number of hydrogen-bond donors (Lipinski definition) is 0. The highest BCUT2D eigenvalue weighted by Crippen LogP contribution is 2.40. The average Bonchev–Trinajstić information content (AvgIpc) is 3.15. The van der Waals surface area contributed by atoms with Crippen molar-refractivity contribution < 1.29 is 14.3 Å². The Hall–Kier alpha value is -0.490. The van der Waals surface area contributed by atoms with Gasteiger partial charge in [0.1, 0.15) is 6.29 Å². The molecule has 5 heteroatoms. The largest absolute Gasteiger partial charge is 0.347 e. The van der Waals surface area contributed by atoms with Gasteiger partial charge in [-0.15, -0.1) is 0 Å². The van der Waals surface area contributed by atoms with E-state index in [0.717, 1.165) is 57.5 Å². The predicted molar refractivity (Wildman–Crippen MR) is 84.2 cm³/mol. The van der Waals surface area contributed by atoms with Crippen molar-refractivity contribution >= 4 is 6.29 Å². The first-order chi connectivity index (χ1) is 10.7. The second-order valence-electron chi connectivity index (χ2n) is 7.16. The minimum absolute atomic E-state index is 0.0479. The van der Waals surface area contributed by atoms with E-state index in [4.69, 9.17) is 9.47 Å². The highest BCUT2D eigenvalue weighted by molar-refractivity contribution is 5.57. The Kier molecular flexibility index (Phi) is 5.17. The van der Waals surface area contributed by atoms with Crippen molar-refractivity contribution in [2.45, 2.75) is 70.3 Å². The fourth-order valence-corrected chi connectivity index (χ4v) is 4.09. The lowest BCUT2D eigenvalue weighted by Gasteiger charge is -2.37. The van der Waals surface area contributed by atoms with E-state index in [9.17, 15) is 4.79 Å². The van der Waals surface area contributed by atoms with E-state index in [2.05, 4.69) is 23.9 Å². The molecule has 2 saturated heterocycles. The second-order valence-corrected chi connectivity index (χ2v) is 7.16. The normalized spacial score (nSPS) is 39.9. The van der Waals surface area contributed by atoms with Crippen molar-refractivity contribution in [1.29, 1.82) is 0 Å². The molecule has 0 aromatic rings. The monoisotopic (exact) mass is 310 g/mol. The van der Waals surface area contributed by atoms with Crippen LogP contribution >= 0.6 is 0 Å². The zero-order valence-electron chi connectivity index (χ0n) is 14.0. The molecule has 2 atom stereocenters. The van der Waals surface area contributed by atoms with Crippen LogP contribution in [0, 0.1) is 5.92 Å². The van der Waals surface area contributed by atoms with E-state index in [-0.39, 0.29) is 17.9 Å². The zero-order valence-corrected chi connectivity index (χ0v) is 14.0. The number of nitrogens with zero attached hydrogens (tertiary/aromatic N) is 2. The van der Waals surface area contributed by atoms with Crippen molar-refractivity contribution in [1.82, 2.24) is 10.0 Å². The van der Waals surface area contributed by atoms with Crippen LogP contribution < -0.4 is 0 Å². The summed E-state index contributed by atoms with van der Waals surface area (Å²) in [5.41, 5.74) is 0. The molecular formula is C17H30N2O3. The maximum Gasteiger partial charge on any atom is 0.168 e. The van der Waals surface area contributed by atoms with E-state index in [1.807, 2.05) is 0 Å². The van der Waals surface area contributed by atoms with Crippen molar-refractivity contribution in [2.24, 2.45) is 5.92 Å². The SMILES string of the molecule is CCN(CC1COC2(CCC(C)CC2)O1)N1CCCC1C=O. The third-order valence-corrected chi connectivity index (χ3v) is 5.52. The second kappa shape index (κ2) is 6.95. The first kappa shape index (κ1) is 16.4. The first-order valence-corrected chi connectivity index (χ1v) is 8.94. The fraction of sp³-hybridized carbons (Fsp3) is 0.941. The van der Waals surface area contributed by atoms with Crippen LogP contribution in [0.2, 0.25) is 0 Å². The van der Waals surface area contributed by atoms with Gasteiger partial charge in [0.15, 0.2) is 5.79 Å². The number of hydrazine groups is 1. The van der Waals surface area contributed by atoms with Gasteiger partial charge in [-0.3, -0.25) is 0 Å². The van der Waals surface area contributed by atoms with E-state index in [1.54, 1.807) is 0 Å². The Balaban J connectivity index is 1.55. The topological polar surface area (TPSA) is 42.0 Å². The molecule has 3 rings (SSSR count). The molecule has 1 spiro atoms. The lowest BCUT2D eigenvalue weighted by atomic mass is 9.86. The average molecular weight is 310 g/mol. The maximum absolute atomic E-state index is 11.2. The number of carbonyl (C=O) groups excluding carboxylic acids is 1. The van der Waals surface area contributed by atoms with Gasteiger partial charge in [0.2, 0.25) is 0 Å². The molecule has 0 bridgehead atoms. The van der Waals surface area contributed by atoms with Crippen LogP contribution in [0.3, 0.4) is 0 Å². The van der Waals surface area contributed by atoms with Gasteiger partial charge in [-0.25, -0.2) is 10.0 Å². The molecule has 5 nitrogen and oxygen atoms in total. The lowest BCUT2D eigenvalue weighted by Crippen LogP contribution is -2.49. The molecular weight excluding hydrogens is 280 g/mol. The molecule has 0 aromatic carbocycles. The van der Waals surface area contributed by atoms with Gasteiger partial charge in [0, 0.05) is 32.5 Å². The Morgan fingerprint density at radius 1 is 1.32 bits per heavy atom. The van der Waals surface area contributed by atoms with Crippen molar-refractivity contribution in [3.8, 4) is 0 Å². The number of aldehydes is 1. The molecule has 3 fully saturated rings. The highest BCUT2D eigenvalue weighted by Gasteiger charge is 2.44. The Bertz CT molecular complexity index is 382. The van der Waals surface area contributed by atoms with Gasteiger partial charge in [0.05, 0.1) is 18.8 Å². The summed E-state index contributed by atoms with van der Waals surface area (Å²) in [6, 6.07) is 0.0479. The van der Waals surface area contributed by atoms with Gasteiger partial charge < -0.3 is 14.3 Å². The predicted octanol–water partition coefficient (Wildman–Crippen LogP) is 2.21. The van der Waals surface area contributed by atoms with Crippen LogP contribution in [0.5, 0.6) is 0 Å². The van der Waals surface area contributed by atoms with Gasteiger partial charge in [-0.1, -0.05) is 13.8 Å². The van der Waals surface area contributed by atoms with Crippen molar-refractivity contribution in [3.05, 3.63) is 0 Å². The molecule has 0 amide bonds. The minimum atomic E-state index is -0.314. The van der Waals surface area contributed by atoms with Gasteiger partial charge in [-0.05, 0) is 31.6 Å². The molecule has 0 N–H and O–H groups in total. The van der Waals surface area contributed by atoms with Crippen molar-refractivity contribution in [3.63, 3.8) is 0 Å². The van der Waals surface area contributed by atoms with E-state index in [0.29, 0.717) is 6.61 Å². The van der Waals surface area contributed by atoms with Crippen LogP contribution in [-0.4, -0.2) is 60.5 Å². The number of ether oxygens (including phenoxy) is 2. The van der Waals surface area contributed by atoms with Gasteiger partial charge >= 0.3 is 0 Å². The summed E-state index contributed by atoms with van der Waals surface area (Å²) in [5.74, 6) is 0.480. The Labute approximate surface area is 133 Å². The highest BCUT2D eigenvalue weighted by atomic mass is 16.7. The first-order valence-electron chi connectivity index (χ1n) is 8.94. The quantitative estimate of drug-likeness (QED) is 0.728. The molecule has 2 aliphatic heterocycles. The molecule has 2 unspecified atom stereocenters. The molecule has 0 radical (unpaired) electrons. The summed E-state index contributed by atoms with van der Waals surface area (Å²) < 4.78 is 12.4. The Morgan fingerprint density at radius 2 is 2.09 bits per heavy atom. The van der Waals surface area contributed by atoms with Crippen molar-refractivity contribution in [2.75, 3.05) is 26.2 Å². The molecule has 0 aromatic heterocycles. The molecule has 3 aliphatic rings. The van der Waals surface area contributed by atoms with E-state index >= 15 is 0 Å². The molecule has 126 valence electrons. The summed E-state index contributed by atoms with van der Waals surface area (Å²) >= 11 is 0. The standard InChI is InChI=1S/C17H30N2O3/c1-3-18(19-10-4-5-15(19)12-20)11-16-13-21-17(22-16)8-6-14(2)7-9-17/h12,14-16H,3-11,13H2,1-2H3. The van der Waals surface area contributed by atoms with E-state index in [1.165, 1.54) is 12.8 Å². The van der Waals surface area contributed by atoms with Crippen LogP contribution in [0.25, 0.3) is 0 Å². The fourth-order valence-electron chi connectivity index (χ4n) is 4.09. The summed E-state index contributed by atoms with van der Waals surface area (Å²) in [7, 11) is 0. The van der Waals surface area contributed by atoms with Gasteiger partial charge in [0.25, 0.3) is 0 Å². The van der Waals surface area contributed by atoms with E-state index < -0.39 is 0 Å². The number of likely N-dealkylation sites (N-methyl/N-ethyl adjacent to an activating group) is 1. The zero-order chi connectivity index (χ0) is 15.6. The summed E-state index contributed by atoms with van der Waals surface area (Å²) in [6.07, 6.45) is 7.74. The summed E-state index contributed by atoms with van der Waals surface area (Å²) in [5, 5.41) is 4.51. The molecule has 1 saturated carbocycles. The third kappa shape index (κ3) is 3.37.